The number of carbonyl (C=O) groups excluding carboxylic acids is 1. The summed E-state index contributed by atoms with van der Waals surface area (Å²) in [6.45, 7) is 5.30. The van der Waals surface area contributed by atoms with Gasteiger partial charge in [0.25, 0.3) is 0 Å². The van der Waals surface area contributed by atoms with Crippen molar-refractivity contribution in [3.63, 3.8) is 0 Å². The molecule has 2 aromatic rings. The van der Waals surface area contributed by atoms with Crippen molar-refractivity contribution in [2.75, 3.05) is 18.0 Å². The number of hydrogen-bond acceptors (Lipinski definition) is 2. The summed E-state index contributed by atoms with van der Waals surface area (Å²) in [7, 11) is 0. The quantitative estimate of drug-likeness (QED) is 0.860. The Hall–Kier alpha value is -2.27. The first-order valence-electron chi connectivity index (χ1n) is 8.02. The monoisotopic (exact) mass is 330 g/mol. The molecule has 3 rings (SSSR count). The molecule has 24 heavy (non-hydrogen) atoms. The lowest BCUT2D eigenvalue weighted by atomic mass is 10.1. The molecule has 1 fully saturated rings. The van der Waals surface area contributed by atoms with E-state index < -0.39 is 11.6 Å². The number of amides is 1. The van der Waals surface area contributed by atoms with Crippen molar-refractivity contribution < 1.29 is 13.6 Å². The number of piperazine rings is 1. The largest absolute Gasteiger partial charge is 0.310 e. The molecule has 0 aromatic heterocycles. The summed E-state index contributed by atoms with van der Waals surface area (Å²) < 4.78 is 26.9. The molecule has 1 aliphatic rings. The van der Waals surface area contributed by atoms with E-state index in [0.29, 0.717) is 25.2 Å². The van der Waals surface area contributed by atoms with E-state index in [1.807, 2.05) is 43.0 Å². The average Bonchev–Trinajstić information content (AvgIpc) is 2.54. The summed E-state index contributed by atoms with van der Waals surface area (Å²) >= 11 is 0. The molecule has 1 amide bonds. The van der Waals surface area contributed by atoms with E-state index in [-0.39, 0.29) is 11.9 Å². The lowest BCUT2D eigenvalue weighted by Crippen LogP contribution is -2.55. The first-order chi connectivity index (χ1) is 11.5. The first-order valence-corrected chi connectivity index (χ1v) is 8.02. The van der Waals surface area contributed by atoms with E-state index in [9.17, 15) is 13.6 Å². The third-order valence-corrected chi connectivity index (χ3v) is 4.48. The molecule has 0 aliphatic carbocycles. The van der Waals surface area contributed by atoms with Crippen LogP contribution in [0.15, 0.2) is 42.5 Å². The average molecular weight is 330 g/mol. The van der Waals surface area contributed by atoms with Crippen LogP contribution in [-0.2, 0) is 11.3 Å². The Labute approximate surface area is 140 Å². The Morgan fingerprint density at radius 1 is 1.12 bits per heavy atom. The summed E-state index contributed by atoms with van der Waals surface area (Å²) in [5.74, 6) is -1.17. The second kappa shape index (κ2) is 6.69. The molecule has 1 atom stereocenters. The third-order valence-electron chi connectivity index (χ3n) is 4.48. The predicted molar refractivity (Wildman–Crippen MR) is 89.8 cm³/mol. The summed E-state index contributed by atoms with van der Waals surface area (Å²) in [6, 6.07) is 11.0. The van der Waals surface area contributed by atoms with Crippen LogP contribution in [0.1, 0.15) is 18.1 Å². The van der Waals surface area contributed by atoms with Gasteiger partial charge in [-0.05, 0) is 37.6 Å². The molecular formula is C19H20F2N2O. The zero-order valence-electron chi connectivity index (χ0n) is 13.8. The van der Waals surface area contributed by atoms with Gasteiger partial charge in [-0.2, -0.15) is 0 Å². The maximum Gasteiger partial charge on any atom is 0.244 e. The second-order valence-corrected chi connectivity index (χ2v) is 6.21. The number of nitrogens with zero attached hydrogens (tertiary/aromatic N) is 2. The maximum atomic E-state index is 13.9. The Kier molecular flexibility index (Phi) is 4.62. The topological polar surface area (TPSA) is 23.6 Å². The number of aryl methyl sites for hydroxylation is 1. The van der Waals surface area contributed by atoms with E-state index in [0.717, 1.165) is 17.3 Å². The van der Waals surface area contributed by atoms with Crippen LogP contribution >= 0.6 is 0 Å². The summed E-state index contributed by atoms with van der Waals surface area (Å²) in [5, 5.41) is 0. The smallest absolute Gasteiger partial charge is 0.244 e. The third kappa shape index (κ3) is 3.31. The van der Waals surface area contributed by atoms with Gasteiger partial charge in [-0.1, -0.05) is 18.2 Å². The van der Waals surface area contributed by atoms with Crippen LogP contribution in [0.5, 0.6) is 0 Å². The normalized spacial score (nSPS) is 18.9. The SMILES string of the molecule is Cc1cccc(N2CCN(Cc3ccc(F)cc3F)C(C)C2=O)c1. The standard InChI is InChI=1S/C19H20F2N2O/c1-13-4-3-5-17(10-13)23-9-8-22(14(2)19(23)24)12-15-6-7-16(20)11-18(15)21/h3-7,10-11,14H,8-9,12H2,1-2H3. The molecule has 2 aromatic carbocycles. The van der Waals surface area contributed by atoms with Crippen LogP contribution in [0.2, 0.25) is 0 Å². The molecule has 0 N–H and O–H groups in total. The second-order valence-electron chi connectivity index (χ2n) is 6.21. The van der Waals surface area contributed by atoms with Crippen molar-refractivity contribution in [2.45, 2.75) is 26.4 Å². The molecular weight excluding hydrogens is 310 g/mol. The maximum absolute atomic E-state index is 13.9. The van der Waals surface area contributed by atoms with Crippen molar-refractivity contribution in [2.24, 2.45) is 0 Å². The summed E-state index contributed by atoms with van der Waals surface area (Å²) in [6.07, 6.45) is 0. The Bertz CT molecular complexity index is 763. The van der Waals surface area contributed by atoms with Crippen molar-refractivity contribution in [3.05, 3.63) is 65.2 Å². The van der Waals surface area contributed by atoms with Gasteiger partial charge in [-0.15, -0.1) is 0 Å². The zero-order valence-corrected chi connectivity index (χ0v) is 13.8. The Balaban J connectivity index is 1.75. The highest BCUT2D eigenvalue weighted by Gasteiger charge is 2.32. The molecule has 1 heterocycles. The fraction of sp³-hybridized carbons (Fsp3) is 0.316. The van der Waals surface area contributed by atoms with Gasteiger partial charge < -0.3 is 4.90 Å². The van der Waals surface area contributed by atoms with Gasteiger partial charge in [0.2, 0.25) is 5.91 Å². The highest BCUT2D eigenvalue weighted by atomic mass is 19.1. The van der Waals surface area contributed by atoms with Crippen molar-refractivity contribution in [1.82, 2.24) is 4.90 Å². The van der Waals surface area contributed by atoms with E-state index in [1.54, 1.807) is 4.90 Å². The number of rotatable bonds is 3. The van der Waals surface area contributed by atoms with Gasteiger partial charge in [-0.25, -0.2) is 8.78 Å². The minimum atomic E-state index is -0.593. The van der Waals surface area contributed by atoms with Crippen LogP contribution in [0.4, 0.5) is 14.5 Å². The van der Waals surface area contributed by atoms with Gasteiger partial charge in [0, 0.05) is 37.0 Å². The number of carbonyl (C=O) groups is 1. The number of hydrogen-bond donors (Lipinski definition) is 0. The molecule has 1 unspecified atom stereocenters. The molecule has 1 saturated heterocycles. The van der Waals surface area contributed by atoms with Crippen LogP contribution in [0, 0.1) is 18.6 Å². The van der Waals surface area contributed by atoms with Crippen LogP contribution in [0.3, 0.4) is 0 Å². The molecule has 3 nitrogen and oxygen atoms in total. The highest BCUT2D eigenvalue weighted by molar-refractivity contribution is 5.97. The van der Waals surface area contributed by atoms with Crippen molar-refractivity contribution in [1.29, 1.82) is 0 Å². The number of anilines is 1. The van der Waals surface area contributed by atoms with E-state index in [2.05, 4.69) is 0 Å². The van der Waals surface area contributed by atoms with Gasteiger partial charge in [-0.3, -0.25) is 9.69 Å². The lowest BCUT2D eigenvalue weighted by Gasteiger charge is -2.39. The van der Waals surface area contributed by atoms with Gasteiger partial charge in [0.15, 0.2) is 0 Å². The Morgan fingerprint density at radius 2 is 1.92 bits per heavy atom. The van der Waals surface area contributed by atoms with E-state index >= 15 is 0 Å². The molecule has 0 saturated carbocycles. The Morgan fingerprint density at radius 3 is 2.62 bits per heavy atom. The lowest BCUT2D eigenvalue weighted by molar-refractivity contribution is -0.125. The van der Waals surface area contributed by atoms with Gasteiger partial charge >= 0.3 is 0 Å². The molecule has 0 radical (unpaired) electrons. The van der Waals surface area contributed by atoms with Crippen molar-refractivity contribution in [3.8, 4) is 0 Å². The minimum Gasteiger partial charge on any atom is -0.310 e. The predicted octanol–water partition coefficient (Wildman–Crippen LogP) is 3.51. The van der Waals surface area contributed by atoms with Crippen LogP contribution in [-0.4, -0.2) is 29.9 Å². The fourth-order valence-electron chi connectivity index (χ4n) is 3.05. The van der Waals surface area contributed by atoms with Gasteiger partial charge in [0.05, 0.1) is 6.04 Å². The molecule has 0 bridgehead atoms. The van der Waals surface area contributed by atoms with Gasteiger partial charge in [0.1, 0.15) is 11.6 Å². The van der Waals surface area contributed by atoms with Crippen LogP contribution in [0.25, 0.3) is 0 Å². The highest BCUT2D eigenvalue weighted by Crippen LogP contribution is 2.23. The molecule has 1 aliphatic heterocycles. The molecule has 5 heteroatoms. The van der Waals surface area contributed by atoms with E-state index in [4.69, 9.17) is 0 Å². The van der Waals surface area contributed by atoms with Crippen molar-refractivity contribution >= 4 is 11.6 Å². The van der Waals surface area contributed by atoms with Crippen LogP contribution < -0.4 is 4.90 Å². The molecule has 126 valence electrons. The number of benzene rings is 2. The summed E-state index contributed by atoms with van der Waals surface area (Å²) in [5.41, 5.74) is 2.39. The minimum absolute atomic E-state index is 0.00521. The zero-order chi connectivity index (χ0) is 17.3. The molecule has 0 spiro atoms. The first kappa shape index (κ1) is 16.6. The summed E-state index contributed by atoms with van der Waals surface area (Å²) in [4.78, 5) is 16.4. The van der Waals surface area contributed by atoms with E-state index in [1.165, 1.54) is 12.1 Å². The number of halogens is 2. The fourth-order valence-corrected chi connectivity index (χ4v) is 3.05.